The Morgan fingerprint density at radius 3 is 1.93 bits per heavy atom. The molecule has 0 spiro atoms. The lowest BCUT2D eigenvalue weighted by molar-refractivity contribution is -0.393. The molecule has 0 aliphatic heterocycles. The minimum Gasteiger partial charge on any atom is -0.272 e. The van der Waals surface area contributed by atoms with Gasteiger partial charge >= 0.3 is 11.4 Å². The summed E-state index contributed by atoms with van der Waals surface area (Å²) in [5.41, 5.74) is 5.99. The van der Waals surface area contributed by atoms with Crippen LogP contribution in [-0.4, -0.2) is 31.1 Å². The van der Waals surface area contributed by atoms with Crippen LogP contribution in [0, 0.1) is 75.5 Å². The van der Waals surface area contributed by atoms with Crippen LogP contribution in [0.3, 0.4) is 0 Å². The van der Waals surface area contributed by atoms with Crippen LogP contribution in [-0.2, 0) is 0 Å². The van der Waals surface area contributed by atoms with Crippen LogP contribution in [0.25, 0.3) is 0 Å². The van der Waals surface area contributed by atoms with Gasteiger partial charge in [-0.1, -0.05) is 13.8 Å². The monoisotopic (exact) mass is 622 g/mol. The second kappa shape index (κ2) is 12.2. The molecule has 0 radical (unpaired) electrons. The quantitative estimate of drug-likeness (QED) is 0.164. The summed E-state index contributed by atoms with van der Waals surface area (Å²) in [6, 6.07) is 6.87. The van der Waals surface area contributed by atoms with Crippen molar-refractivity contribution in [3.05, 3.63) is 76.9 Å². The molecule has 0 amide bonds. The highest BCUT2D eigenvalue weighted by atomic mass is 16.6. The van der Waals surface area contributed by atoms with Crippen molar-refractivity contribution in [1.29, 1.82) is 0 Å². The van der Waals surface area contributed by atoms with Gasteiger partial charge < -0.3 is 0 Å². The Morgan fingerprint density at radius 1 is 0.800 bits per heavy atom. The number of rotatable bonds is 9. The van der Waals surface area contributed by atoms with Crippen LogP contribution in [0.5, 0.6) is 0 Å². The van der Waals surface area contributed by atoms with Gasteiger partial charge in [0.2, 0.25) is 0 Å². The third kappa shape index (κ3) is 5.91. The molecular weight excluding hydrogens is 588 g/mol. The minimum atomic E-state index is -0.677. The van der Waals surface area contributed by atoms with Crippen molar-refractivity contribution in [3.63, 3.8) is 0 Å². The van der Waals surface area contributed by atoms with Gasteiger partial charge in [0.25, 0.3) is 11.4 Å². The zero-order valence-electron chi connectivity index (χ0n) is 25.0. The Morgan fingerprint density at radius 2 is 1.38 bits per heavy atom. The molecule has 0 bridgehead atoms. The van der Waals surface area contributed by atoms with Crippen LogP contribution in [0.4, 0.5) is 34.1 Å². The van der Waals surface area contributed by atoms with Crippen LogP contribution < -0.4 is 10.9 Å². The molecule has 45 heavy (non-hydrogen) atoms. The van der Waals surface area contributed by atoms with Crippen molar-refractivity contribution in [3.8, 4) is 0 Å². The molecule has 5 rings (SSSR count). The number of hydrogen-bond donors (Lipinski definition) is 2. The van der Waals surface area contributed by atoms with Crippen LogP contribution in [0.2, 0.25) is 0 Å². The third-order valence-corrected chi connectivity index (χ3v) is 10.3. The number of anilines is 2. The molecule has 16 heteroatoms. The van der Waals surface area contributed by atoms with Gasteiger partial charge in [0, 0.05) is 29.5 Å². The van der Waals surface area contributed by atoms with E-state index < -0.39 is 31.1 Å². The fourth-order valence-electron chi connectivity index (χ4n) is 8.10. The van der Waals surface area contributed by atoms with E-state index in [1.165, 1.54) is 24.3 Å². The van der Waals surface area contributed by atoms with Crippen molar-refractivity contribution in [2.45, 2.75) is 59.3 Å². The van der Waals surface area contributed by atoms with E-state index >= 15 is 0 Å². The van der Waals surface area contributed by atoms with Gasteiger partial charge in [0.15, 0.2) is 0 Å². The largest absolute Gasteiger partial charge is 0.301 e. The Hall–Kier alpha value is -5.02. The number of nitrogens with zero attached hydrogens (tertiary/aromatic N) is 6. The van der Waals surface area contributed by atoms with E-state index in [1.807, 2.05) is 6.92 Å². The summed E-state index contributed by atoms with van der Waals surface area (Å²) < 4.78 is 0. The van der Waals surface area contributed by atoms with Crippen molar-refractivity contribution >= 4 is 45.5 Å². The summed E-state index contributed by atoms with van der Waals surface area (Å²) in [4.78, 5) is 42.5. The maximum Gasteiger partial charge on any atom is 0.301 e. The first-order valence-electron chi connectivity index (χ1n) is 14.8. The molecule has 0 saturated heterocycles. The first kappa shape index (κ1) is 31.4. The number of nitrogens with one attached hydrogen (secondary N) is 2. The Kier molecular flexibility index (Phi) is 8.49. The highest BCUT2D eigenvalue weighted by Gasteiger charge is 2.56. The molecule has 2 N–H and O–H groups in total. The average molecular weight is 623 g/mol. The number of nitro benzene ring substituents is 4. The second-order valence-electron chi connectivity index (χ2n) is 12.4. The summed E-state index contributed by atoms with van der Waals surface area (Å²) in [6.45, 7) is 6.37. The summed E-state index contributed by atoms with van der Waals surface area (Å²) in [6.07, 6.45) is 5.55. The second-order valence-corrected chi connectivity index (χ2v) is 12.4. The summed E-state index contributed by atoms with van der Waals surface area (Å²) in [7, 11) is 0. The first-order chi connectivity index (χ1) is 21.3. The molecule has 238 valence electrons. The van der Waals surface area contributed by atoms with E-state index in [0.29, 0.717) is 17.8 Å². The lowest BCUT2D eigenvalue weighted by atomic mass is 9.52. The smallest absolute Gasteiger partial charge is 0.272 e. The zero-order valence-corrected chi connectivity index (χ0v) is 25.0. The van der Waals surface area contributed by atoms with Gasteiger partial charge in [-0.15, -0.1) is 0 Å². The maximum absolute atomic E-state index is 11.5. The predicted molar refractivity (Wildman–Crippen MR) is 166 cm³/mol. The maximum atomic E-state index is 11.5. The van der Waals surface area contributed by atoms with Gasteiger partial charge in [-0.05, 0) is 86.7 Å². The summed E-state index contributed by atoms with van der Waals surface area (Å²) in [5.74, 6) is 1.63. The number of fused-ring (bicyclic) bond motifs is 3. The van der Waals surface area contributed by atoms with Gasteiger partial charge in [0.1, 0.15) is 11.4 Å². The van der Waals surface area contributed by atoms with E-state index in [-0.39, 0.29) is 40.0 Å². The van der Waals surface area contributed by atoms with Gasteiger partial charge in [-0.2, -0.15) is 10.2 Å². The van der Waals surface area contributed by atoms with E-state index in [1.54, 1.807) is 0 Å². The predicted octanol–water partition coefficient (Wildman–Crippen LogP) is 7.06. The zero-order chi connectivity index (χ0) is 32.6. The number of non-ortho nitro benzene ring substituents is 2. The lowest BCUT2D eigenvalue weighted by Crippen LogP contribution is -2.48. The van der Waals surface area contributed by atoms with Crippen molar-refractivity contribution in [2.75, 3.05) is 10.9 Å². The molecular formula is C29H34N8O8. The molecule has 0 unspecified atom stereocenters. The topological polar surface area (TPSA) is 221 Å². The van der Waals surface area contributed by atoms with Crippen molar-refractivity contribution in [2.24, 2.45) is 45.2 Å². The van der Waals surface area contributed by atoms with Crippen molar-refractivity contribution in [1.82, 2.24) is 0 Å². The number of nitro groups is 4. The van der Waals surface area contributed by atoms with E-state index in [4.69, 9.17) is 0 Å². The number of hydrogen-bond acceptors (Lipinski definition) is 12. The Labute approximate surface area is 257 Å². The van der Waals surface area contributed by atoms with Crippen molar-refractivity contribution < 1.29 is 19.7 Å². The summed E-state index contributed by atoms with van der Waals surface area (Å²) in [5, 5.41) is 54.3. The molecule has 3 aliphatic rings. The fraction of sp³-hybridized carbons (Fsp3) is 0.517. The Bertz CT molecular complexity index is 1630. The van der Waals surface area contributed by atoms with E-state index in [2.05, 4.69) is 34.9 Å². The first-order valence-corrected chi connectivity index (χ1v) is 14.8. The van der Waals surface area contributed by atoms with Gasteiger partial charge in [-0.25, -0.2) is 0 Å². The Balaban J connectivity index is 1.29. The fourth-order valence-corrected chi connectivity index (χ4v) is 8.10. The van der Waals surface area contributed by atoms with Crippen LogP contribution >= 0.6 is 0 Å². The molecule has 0 heterocycles. The molecule has 3 saturated carbocycles. The molecule has 16 nitrogen and oxygen atoms in total. The normalized spacial score (nSPS) is 28.6. The van der Waals surface area contributed by atoms with Gasteiger partial charge in [-0.3, -0.25) is 51.3 Å². The molecule has 2 aromatic carbocycles. The average Bonchev–Trinajstić information content (AvgIpc) is 3.36. The third-order valence-electron chi connectivity index (χ3n) is 10.3. The van der Waals surface area contributed by atoms with E-state index in [0.717, 1.165) is 62.1 Å². The SMILES string of the molecule is C/C(=N/Nc1ccc([N+](=O)[O-])cc1[N+](=O)[O-])[C@@H]1CC[C@@H]2[C@@H]3CC/C(=N\Nc4ccc([N+](=O)[O-])cc4[N+](=O)[O-])[C@H](C)[C@@H]3CC[C@@]21C. The van der Waals surface area contributed by atoms with Crippen LogP contribution in [0.1, 0.15) is 59.3 Å². The van der Waals surface area contributed by atoms with E-state index in [9.17, 15) is 40.5 Å². The number of benzene rings is 2. The standard InChI is InChI=1S/C29H34N8O8/c1-16-20-12-13-29(3)22(17(2)30-32-25-9-4-18(34(38)39)14-27(25)36(42)43)7-8-23(29)21(20)6-11-24(16)31-33-26-10-5-19(35(40)41)15-28(26)37(44)45/h4-5,9-10,14-16,20-23,32-33H,6-8,11-13H2,1-3H3/b30-17-,31-24+/t16-,20+,21-,22+,23-,29-/m1/s1. The molecule has 6 atom stereocenters. The minimum absolute atomic E-state index is 0.0101. The molecule has 2 aromatic rings. The summed E-state index contributed by atoms with van der Waals surface area (Å²) >= 11 is 0. The number of hydrazone groups is 2. The molecule has 3 aliphatic carbocycles. The van der Waals surface area contributed by atoms with Crippen LogP contribution in [0.15, 0.2) is 46.6 Å². The highest BCUT2D eigenvalue weighted by molar-refractivity contribution is 5.89. The molecule has 0 aromatic heterocycles. The highest BCUT2D eigenvalue weighted by Crippen LogP contribution is 2.62. The van der Waals surface area contributed by atoms with Gasteiger partial charge in [0.05, 0.1) is 31.8 Å². The molecule has 3 fully saturated rings. The lowest BCUT2D eigenvalue weighted by Gasteiger charge is -2.52.